The number of fused-ring (bicyclic) bond motifs is 4. The second-order valence-corrected chi connectivity index (χ2v) is 19.5. The maximum atomic E-state index is 9.46. The first kappa shape index (κ1) is 27.3. The minimum atomic E-state index is -0.677. The van der Waals surface area contributed by atoms with Gasteiger partial charge in [-0.3, -0.25) is 4.57 Å². The third kappa shape index (κ3) is 7.84. The molecule has 5 nitrogen and oxygen atoms in total. The van der Waals surface area contributed by atoms with Gasteiger partial charge in [0.25, 0.3) is 0 Å². The Bertz CT molecular complexity index is 4110. The van der Waals surface area contributed by atoms with Gasteiger partial charge in [0, 0.05) is 45.9 Å². The molecule has 3 heterocycles. The van der Waals surface area contributed by atoms with E-state index in [0.717, 1.165) is 16.7 Å². The van der Waals surface area contributed by atoms with Crippen molar-refractivity contribution in [2.45, 2.75) is 78.6 Å². The number of benzene rings is 7. The molecule has 65 heavy (non-hydrogen) atoms. The zero-order chi connectivity index (χ0) is 59.2. The first-order valence-electron chi connectivity index (χ1n) is 29.6. The van der Waals surface area contributed by atoms with Gasteiger partial charge in [-0.25, -0.2) is 4.98 Å². The van der Waals surface area contributed by atoms with Crippen molar-refractivity contribution in [2.75, 3.05) is 16.5 Å². The molecule has 7 aromatic carbocycles. The van der Waals surface area contributed by atoms with E-state index in [2.05, 4.69) is 64.7 Å². The summed E-state index contributed by atoms with van der Waals surface area (Å²) < 4.78 is 152. The topological polar surface area (TPSA) is 33.5 Å². The molecule has 0 atom stereocenters. The number of nitrogens with zero attached hydrogens (tertiary/aromatic N) is 4. The van der Waals surface area contributed by atoms with E-state index >= 15 is 0 Å². The SMILES string of the molecule is [2H]c1nc(-n2c3cc(Oc4cc(N5CN(c6c(-c7cc(C(C)(C)C)cc(C(C)(C)C)c7)cccc6-c6c([2H])c([2H])c([2H])c([2H])c6[2H])c6ccccc65)c([2H])c([2H])c4[2H])c([2H])c([2H])c3c3c([2H])c([2H])c([2H])c([2H])c32)cc(C(C)(C)C)c1[2H]. The number of aromatic nitrogens is 2. The summed E-state index contributed by atoms with van der Waals surface area (Å²) in [6.45, 7) is 18.3. The van der Waals surface area contributed by atoms with Crippen LogP contribution in [0.3, 0.4) is 0 Å². The van der Waals surface area contributed by atoms with Crippen molar-refractivity contribution in [1.29, 1.82) is 0 Å². The summed E-state index contributed by atoms with van der Waals surface area (Å²) in [7, 11) is 0. The Kier molecular flexibility index (Phi) is 6.65. The second kappa shape index (κ2) is 15.8. The van der Waals surface area contributed by atoms with Gasteiger partial charge in [-0.2, -0.15) is 0 Å². The molecule has 0 fully saturated rings. The van der Waals surface area contributed by atoms with Crippen LogP contribution < -0.4 is 14.5 Å². The van der Waals surface area contributed by atoms with Crippen LogP contribution in [0, 0.1) is 0 Å². The summed E-state index contributed by atoms with van der Waals surface area (Å²) in [4.78, 5) is 8.12. The molecule has 0 saturated heterocycles. The minimum absolute atomic E-state index is 0.00890. The third-order valence-electron chi connectivity index (χ3n) is 11.8. The summed E-state index contributed by atoms with van der Waals surface area (Å²) >= 11 is 0. The number of anilines is 4. The summed E-state index contributed by atoms with van der Waals surface area (Å²) in [5.74, 6) is -0.583. The lowest BCUT2D eigenvalue weighted by molar-refractivity contribution is 0.483. The van der Waals surface area contributed by atoms with Crippen LogP contribution in [0.2, 0.25) is 0 Å². The van der Waals surface area contributed by atoms with Crippen LogP contribution >= 0.6 is 0 Å². The fourth-order valence-corrected chi connectivity index (χ4v) is 8.30. The van der Waals surface area contributed by atoms with E-state index in [9.17, 15) is 9.60 Å². The lowest BCUT2D eigenvalue weighted by atomic mass is 9.78. The van der Waals surface area contributed by atoms with Gasteiger partial charge in [0.1, 0.15) is 24.0 Å². The van der Waals surface area contributed by atoms with Crippen LogP contribution in [0.25, 0.3) is 49.9 Å². The van der Waals surface area contributed by atoms with Crippen molar-refractivity contribution < 1.29 is 26.7 Å². The molecule has 0 N–H and O–H groups in total. The van der Waals surface area contributed by atoms with Crippen LogP contribution in [0.5, 0.6) is 11.5 Å². The first-order chi connectivity index (χ1) is 37.8. The third-order valence-corrected chi connectivity index (χ3v) is 11.8. The molecule has 2 aromatic heterocycles. The lowest BCUT2D eigenvalue weighted by Gasteiger charge is -2.29. The quantitative estimate of drug-likeness (QED) is 0.160. The molecule has 324 valence electrons. The van der Waals surface area contributed by atoms with E-state index in [1.165, 1.54) is 16.7 Å². The number of hydrogen-bond donors (Lipinski definition) is 0. The van der Waals surface area contributed by atoms with Crippen molar-refractivity contribution in [3.8, 4) is 39.6 Å². The normalized spacial score (nSPS) is 16.6. The largest absolute Gasteiger partial charge is 0.457 e. The summed E-state index contributed by atoms with van der Waals surface area (Å²) in [6.07, 6.45) is -0.405. The zero-order valence-corrected chi connectivity index (χ0v) is 37.9. The van der Waals surface area contributed by atoms with Gasteiger partial charge < -0.3 is 14.5 Å². The molecular weight excluding hydrogens is 793 g/mol. The molecule has 0 spiro atoms. The van der Waals surface area contributed by atoms with Gasteiger partial charge in [0.2, 0.25) is 0 Å². The van der Waals surface area contributed by atoms with Crippen LogP contribution in [-0.4, -0.2) is 16.2 Å². The molecule has 9 aromatic rings. The Morgan fingerprint density at radius 2 is 1.14 bits per heavy atom. The number of ether oxygens (including phenoxy) is 1. The molecule has 0 saturated carbocycles. The fraction of sp³-hybridized carbons (Fsp3) is 0.217. The van der Waals surface area contributed by atoms with Crippen LogP contribution in [0.4, 0.5) is 22.7 Å². The highest BCUT2D eigenvalue weighted by atomic mass is 16.5. The minimum Gasteiger partial charge on any atom is -0.457 e. The van der Waals surface area contributed by atoms with E-state index < -0.39 is 90.1 Å². The van der Waals surface area contributed by atoms with Gasteiger partial charge in [0.05, 0.1) is 50.0 Å². The molecule has 0 amide bonds. The maximum Gasteiger partial charge on any atom is 0.137 e. The van der Waals surface area contributed by atoms with Gasteiger partial charge in [0.15, 0.2) is 0 Å². The Labute approximate surface area is 407 Å². The smallest absolute Gasteiger partial charge is 0.137 e. The zero-order valence-electron chi connectivity index (χ0n) is 53.9. The van der Waals surface area contributed by atoms with Crippen molar-refractivity contribution in [2.24, 2.45) is 0 Å². The Morgan fingerprint density at radius 1 is 0.508 bits per heavy atom. The lowest BCUT2D eigenvalue weighted by Crippen LogP contribution is -2.25. The highest BCUT2D eigenvalue weighted by Crippen LogP contribution is 2.51. The van der Waals surface area contributed by atoms with Gasteiger partial charge in [-0.05, 0) is 98.5 Å². The number of pyridine rings is 1. The van der Waals surface area contributed by atoms with Gasteiger partial charge in [-0.15, -0.1) is 0 Å². The molecule has 10 rings (SSSR count). The second-order valence-electron chi connectivity index (χ2n) is 19.5. The predicted octanol–water partition coefficient (Wildman–Crippen LogP) is 16.4. The molecule has 0 unspecified atom stereocenters. The molecule has 5 heteroatoms. The highest BCUT2D eigenvalue weighted by molar-refractivity contribution is 6.09. The van der Waals surface area contributed by atoms with Crippen LogP contribution in [0.15, 0.2) is 176 Å². The summed E-state index contributed by atoms with van der Waals surface area (Å²) in [5.41, 5.74) is 4.75. The summed E-state index contributed by atoms with van der Waals surface area (Å²) in [5, 5.41) is -0.122. The number of para-hydroxylation sites is 4. The van der Waals surface area contributed by atoms with Crippen molar-refractivity contribution in [1.82, 2.24) is 9.55 Å². The Morgan fingerprint density at radius 3 is 1.85 bits per heavy atom. The van der Waals surface area contributed by atoms with Crippen molar-refractivity contribution in [3.05, 3.63) is 192 Å². The van der Waals surface area contributed by atoms with Crippen molar-refractivity contribution >= 4 is 44.6 Å². The molecule has 0 radical (unpaired) electrons. The van der Waals surface area contributed by atoms with E-state index in [4.69, 9.17) is 17.1 Å². The van der Waals surface area contributed by atoms with Gasteiger partial charge in [-0.1, -0.05) is 165 Å². The average Bonchev–Trinajstić information content (AvgIpc) is 2.62. The fourth-order valence-electron chi connectivity index (χ4n) is 8.30. The Balaban J connectivity index is 1.19. The standard InChI is InChI=1S/C60H58N4O/c1-58(2,3)42-31-32-61-56(36-42)64-52-26-14-13-23-50(52)51-30-29-47(38-55(51)64)65-46-22-17-21-45(37-46)62-39-63(54-28-16-15-27-53(54)62)57-48(40-19-11-10-12-20-40)24-18-25-49(57)41-33-43(59(4,5)6)35-44(34-41)60(7,8)9/h10-38H,39H2,1-9H3/i10D,11D,12D,13D,14D,17D,19D,20D,21D,22D,23D,26D,29D,30D,31D,32D. The monoisotopic (exact) mass is 867 g/mol. The average molecular weight is 867 g/mol. The molecule has 0 bridgehead atoms. The maximum absolute atomic E-state index is 9.46. The van der Waals surface area contributed by atoms with Crippen LogP contribution in [-0.2, 0) is 16.2 Å². The highest BCUT2D eigenvalue weighted by Gasteiger charge is 2.32. The van der Waals surface area contributed by atoms with Gasteiger partial charge >= 0.3 is 0 Å². The summed E-state index contributed by atoms with van der Waals surface area (Å²) in [6, 6.07) is 16.5. The Hall–Kier alpha value is -7.11. The molecule has 1 aliphatic heterocycles. The molecular formula is C60H58N4O. The van der Waals surface area contributed by atoms with E-state index in [1.54, 1.807) is 29.2 Å². The molecule has 0 aliphatic carbocycles. The van der Waals surface area contributed by atoms with Crippen molar-refractivity contribution in [3.63, 3.8) is 0 Å². The first-order valence-corrected chi connectivity index (χ1v) is 21.6. The number of hydrogen-bond acceptors (Lipinski definition) is 4. The van der Waals surface area contributed by atoms with E-state index in [-0.39, 0.29) is 80.0 Å². The predicted molar refractivity (Wildman–Crippen MR) is 274 cm³/mol. The van der Waals surface area contributed by atoms with E-state index in [0.29, 0.717) is 33.8 Å². The number of rotatable bonds is 7. The molecule has 1 aliphatic rings. The van der Waals surface area contributed by atoms with E-state index in [1.807, 2.05) is 49.9 Å². The van der Waals surface area contributed by atoms with Crippen LogP contribution in [0.1, 0.15) is 101 Å².